The Labute approximate surface area is 181 Å². The number of hydrogen-bond donors (Lipinski definition) is 3. The zero-order valence-electron chi connectivity index (χ0n) is 15.6. The molecule has 5 N–H and O–H groups in total. The number of anilines is 3. The molecule has 0 aliphatic carbocycles. The van der Waals surface area contributed by atoms with Gasteiger partial charge in [-0.15, -0.1) is 0 Å². The van der Waals surface area contributed by atoms with E-state index in [0.29, 0.717) is 15.7 Å². The van der Waals surface area contributed by atoms with Crippen LogP contribution in [0, 0.1) is 0 Å². The number of piperidine rings is 1. The van der Waals surface area contributed by atoms with Gasteiger partial charge >= 0.3 is 0 Å². The van der Waals surface area contributed by atoms with Crippen LogP contribution in [0.3, 0.4) is 0 Å². The molecule has 3 heterocycles. The number of carbonyl (C=O) groups is 1. The Balaban J connectivity index is 1.58. The van der Waals surface area contributed by atoms with Crippen molar-refractivity contribution in [2.45, 2.75) is 18.9 Å². The predicted octanol–water partition coefficient (Wildman–Crippen LogP) is 3.73. The minimum absolute atomic E-state index is 0.127. The molecule has 3 aromatic rings. The van der Waals surface area contributed by atoms with Gasteiger partial charge in [0.2, 0.25) is 0 Å². The summed E-state index contributed by atoms with van der Waals surface area (Å²) < 4.78 is 0.939. The maximum absolute atomic E-state index is 12.9. The van der Waals surface area contributed by atoms with Crippen molar-refractivity contribution in [3.05, 3.63) is 52.9 Å². The standard InChI is InChI=1S/C20H21BrN6OS/c21-13-4-1-3-12(9-13)20-26-17(18(23)29-20)19(28)25-15-10-24-7-6-16(15)27-8-2-5-14(22)11-27/h1,3-4,6-7,9-10,14H,2,5,8,11,22-23H2,(H,25,28)/t14-/m0/s1. The summed E-state index contributed by atoms with van der Waals surface area (Å²) in [5.41, 5.74) is 14.9. The Bertz CT molecular complexity index is 1040. The number of amides is 1. The lowest BCUT2D eigenvalue weighted by atomic mass is 10.1. The monoisotopic (exact) mass is 472 g/mol. The average molecular weight is 473 g/mol. The zero-order valence-corrected chi connectivity index (χ0v) is 18.0. The quantitative estimate of drug-likeness (QED) is 0.533. The molecular weight excluding hydrogens is 452 g/mol. The second kappa shape index (κ2) is 8.48. The van der Waals surface area contributed by atoms with E-state index < -0.39 is 0 Å². The van der Waals surface area contributed by atoms with Gasteiger partial charge in [0.1, 0.15) is 10.0 Å². The van der Waals surface area contributed by atoms with Gasteiger partial charge in [-0.2, -0.15) is 0 Å². The van der Waals surface area contributed by atoms with Gasteiger partial charge in [-0.3, -0.25) is 9.78 Å². The van der Waals surface area contributed by atoms with E-state index in [9.17, 15) is 4.79 Å². The Morgan fingerprint density at radius 1 is 1.34 bits per heavy atom. The number of hydrogen-bond acceptors (Lipinski definition) is 7. The smallest absolute Gasteiger partial charge is 0.277 e. The summed E-state index contributed by atoms with van der Waals surface area (Å²) in [6.07, 6.45) is 5.39. The first-order valence-electron chi connectivity index (χ1n) is 9.29. The van der Waals surface area contributed by atoms with Crippen molar-refractivity contribution in [2.24, 2.45) is 5.73 Å². The number of nitrogens with two attached hydrogens (primary N) is 2. The van der Waals surface area contributed by atoms with Crippen LogP contribution in [-0.4, -0.2) is 35.0 Å². The van der Waals surface area contributed by atoms with Crippen LogP contribution in [0.5, 0.6) is 0 Å². The molecule has 7 nitrogen and oxygen atoms in total. The van der Waals surface area contributed by atoms with E-state index in [1.807, 2.05) is 30.3 Å². The molecule has 1 aliphatic heterocycles. The largest absolute Gasteiger partial charge is 0.389 e. The fourth-order valence-corrected chi connectivity index (χ4v) is 4.63. The van der Waals surface area contributed by atoms with Crippen LogP contribution in [0.25, 0.3) is 10.6 Å². The van der Waals surface area contributed by atoms with Crippen molar-refractivity contribution >= 4 is 49.5 Å². The van der Waals surface area contributed by atoms with Crippen LogP contribution in [0.15, 0.2) is 47.2 Å². The highest BCUT2D eigenvalue weighted by Gasteiger charge is 2.22. The first-order valence-corrected chi connectivity index (χ1v) is 10.9. The molecule has 9 heteroatoms. The molecule has 1 aliphatic rings. The van der Waals surface area contributed by atoms with Gasteiger partial charge in [0.15, 0.2) is 5.69 Å². The SMILES string of the molecule is Nc1sc(-c2cccc(Br)c2)nc1C(=O)Nc1cnccc1N1CCC[C@H](N)C1. The molecule has 0 spiro atoms. The Kier molecular flexibility index (Phi) is 5.79. The number of nitrogen functional groups attached to an aromatic ring is 1. The molecule has 29 heavy (non-hydrogen) atoms. The first kappa shape index (κ1) is 19.8. The van der Waals surface area contributed by atoms with Crippen LogP contribution in [0.4, 0.5) is 16.4 Å². The minimum atomic E-state index is -0.351. The van der Waals surface area contributed by atoms with Gasteiger partial charge in [-0.1, -0.05) is 39.4 Å². The van der Waals surface area contributed by atoms with E-state index in [0.717, 1.165) is 41.7 Å². The number of nitrogens with zero attached hydrogens (tertiary/aromatic N) is 3. The van der Waals surface area contributed by atoms with Gasteiger partial charge in [0.05, 0.1) is 17.6 Å². The van der Waals surface area contributed by atoms with E-state index >= 15 is 0 Å². The molecule has 150 valence electrons. The Morgan fingerprint density at radius 2 is 2.21 bits per heavy atom. The Hall–Kier alpha value is -2.49. The van der Waals surface area contributed by atoms with E-state index in [1.165, 1.54) is 11.3 Å². The van der Waals surface area contributed by atoms with E-state index in [1.54, 1.807) is 12.4 Å². The van der Waals surface area contributed by atoms with Gasteiger partial charge in [-0.25, -0.2) is 4.98 Å². The number of nitrogens with one attached hydrogen (secondary N) is 1. The van der Waals surface area contributed by atoms with Crippen molar-refractivity contribution in [3.63, 3.8) is 0 Å². The number of rotatable bonds is 4. The van der Waals surface area contributed by atoms with Gasteiger partial charge in [0.25, 0.3) is 5.91 Å². The van der Waals surface area contributed by atoms with Crippen molar-refractivity contribution in [3.8, 4) is 10.6 Å². The van der Waals surface area contributed by atoms with Crippen LogP contribution >= 0.6 is 27.3 Å². The first-order chi connectivity index (χ1) is 14.0. The number of aromatic nitrogens is 2. The highest BCUT2D eigenvalue weighted by molar-refractivity contribution is 9.10. The molecule has 4 rings (SSSR count). The lowest BCUT2D eigenvalue weighted by Crippen LogP contribution is -2.43. The summed E-state index contributed by atoms with van der Waals surface area (Å²) in [6, 6.07) is 9.75. The maximum atomic E-state index is 12.9. The van der Waals surface area contributed by atoms with Crippen LogP contribution in [-0.2, 0) is 0 Å². The molecule has 0 bridgehead atoms. The van der Waals surface area contributed by atoms with Gasteiger partial charge < -0.3 is 21.7 Å². The van der Waals surface area contributed by atoms with E-state index in [4.69, 9.17) is 11.5 Å². The van der Waals surface area contributed by atoms with Crippen molar-refractivity contribution in [2.75, 3.05) is 29.0 Å². The number of pyridine rings is 1. The highest BCUT2D eigenvalue weighted by atomic mass is 79.9. The summed E-state index contributed by atoms with van der Waals surface area (Å²) in [5.74, 6) is -0.351. The third-order valence-corrected chi connectivity index (χ3v) is 6.21. The molecular formula is C20H21BrN6OS. The average Bonchev–Trinajstić information content (AvgIpc) is 3.10. The number of thiazole rings is 1. The highest BCUT2D eigenvalue weighted by Crippen LogP contribution is 2.33. The molecule has 1 aromatic carbocycles. The lowest BCUT2D eigenvalue weighted by Gasteiger charge is -2.33. The maximum Gasteiger partial charge on any atom is 0.277 e. The fourth-order valence-electron chi connectivity index (χ4n) is 3.41. The molecule has 2 aromatic heterocycles. The minimum Gasteiger partial charge on any atom is -0.389 e. The molecule has 1 atom stereocenters. The summed E-state index contributed by atoms with van der Waals surface area (Å²) in [7, 11) is 0. The molecule has 1 saturated heterocycles. The number of carbonyl (C=O) groups excluding carboxylic acids is 1. The molecule has 0 saturated carbocycles. The lowest BCUT2D eigenvalue weighted by molar-refractivity contribution is 0.102. The van der Waals surface area contributed by atoms with Crippen molar-refractivity contribution < 1.29 is 4.79 Å². The topological polar surface area (TPSA) is 110 Å². The van der Waals surface area contributed by atoms with Crippen molar-refractivity contribution in [1.29, 1.82) is 0 Å². The molecule has 0 radical (unpaired) electrons. The van der Waals surface area contributed by atoms with Crippen LogP contribution < -0.4 is 21.7 Å². The molecule has 0 unspecified atom stereocenters. The second-order valence-electron chi connectivity index (χ2n) is 6.94. The van der Waals surface area contributed by atoms with Crippen molar-refractivity contribution in [1.82, 2.24) is 9.97 Å². The molecule has 1 fully saturated rings. The van der Waals surface area contributed by atoms with E-state index in [-0.39, 0.29) is 17.6 Å². The normalized spacial score (nSPS) is 16.6. The van der Waals surface area contributed by atoms with Gasteiger partial charge in [0, 0.05) is 35.4 Å². The summed E-state index contributed by atoms with van der Waals surface area (Å²) >= 11 is 4.74. The van der Waals surface area contributed by atoms with Gasteiger partial charge in [-0.05, 0) is 31.0 Å². The second-order valence-corrected chi connectivity index (χ2v) is 8.88. The fraction of sp³-hybridized carbons (Fsp3) is 0.250. The molecule has 1 amide bonds. The predicted molar refractivity (Wildman–Crippen MR) is 121 cm³/mol. The zero-order chi connectivity index (χ0) is 20.4. The summed E-state index contributed by atoms with van der Waals surface area (Å²) in [4.78, 5) is 23.7. The number of halogens is 1. The van der Waals surface area contributed by atoms with Crippen LogP contribution in [0.1, 0.15) is 23.3 Å². The summed E-state index contributed by atoms with van der Waals surface area (Å²) in [6.45, 7) is 1.64. The summed E-state index contributed by atoms with van der Waals surface area (Å²) in [5, 5.41) is 4.00. The third kappa shape index (κ3) is 4.42. The van der Waals surface area contributed by atoms with Crippen LogP contribution in [0.2, 0.25) is 0 Å². The number of benzene rings is 1. The third-order valence-electron chi connectivity index (χ3n) is 4.78. The Morgan fingerprint density at radius 3 is 3.00 bits per heavy atom. The van der Waals surface area contributed by atoms with E-state index in [2.05, 4.69) is 36.1 Å².